The van der Waals surface area contributed by atoms with Crippen molar-refractivity contribution in [3.05, 3.63) is 38.9 Å². The lowest BCUT2D eigenvalue weighted by molar-refractivity contribution is -0.386. The van der Waals surface area contributed by atoms with Gasteiger partial charge < -0.3 is 4.74 Å². The third kappa shape index (κ3) is 2.38. The first-order chi connectivity index (χ1) is 7.90. The van der Waals surface area contributed by atoms with Gasteiger partial charge in [0.2, 0.25) is 0 Å². The number of carbonyl (C=O) groups is 1. The van der Waals surface area contributed by atoms with Gasteiger partial charge in [-0.1, -0.05) is 0 Å². The van der Waals surface area contributed by atoms with Crippen LogP contribution in [0, 0.1) is 28.7 Å². The number of nitro groups is 1. The van der Waals surface area contributed by atoms with Crippen LogP contribution in [0.1, 0.15) is 22.8 Å². The highest BCUT2D eigenvalue weighted by Crippen LogP contribution is 2.28. The topological polar surface area (TPSA) is 69.4 Å². The lowest BCUT2D eigenvalue weighted by Gasteiger charge is -2.06. The van der Waals surface area contributed by atoms with E-state index in [9.17, 15) is 23.7 Å². The number of rotatable bonds is 3. The van der Waals surface area contributed by atoms with E-state index in [4.69, 9.17) is 0 Å². The maximum absolute atomic E-state index is 13.1. The Morgan fingerprint density at radius 3 is 2.59 bits per heavy atom. The van der Waals surface area contributed by atoms with Crippen molar-refractivity contribution in [1.82, 2.24) is 0 Å². The first-order valence-electron chi connectivity index (χ1n) is 4.70. The van der Waals surface area contributed by atoms with Crippen LogP contribution in [0.3, 0.4) is 0 Å². The predicted molar refractivity (Wildman–Crippen MR) is 53.7 cm³/mol. The Hall–Kier alpha value is -2.05. The summed E-state index contributed by atoms with van der Waals surface area (Å²) in [7, 11) is 0. The molecular weight excluding hydrogens is 236 g/mol. The molecule has 0 aromatic heterocycles. The first kappa shape index (κ1) is 13.0. The number of hydrogen-bond donors (Lipinski definition) is 0. The number of nitrogens with zero attached hydrogens (tertiary/aromatic N) is 1. The summed E-state index contributed by atoms with van der Waals surface area (Å²) in [6, 6.07) is 0.471. The fourth-order valence-corrected chi connectivity index (χ4v) is 1.34. The van der Waals surface area contributed by atoms with E-state index in [1.165, 1.54) is 6.92 Å². The maximum atomic E-state index is 13.1. The second kappa shape index (κ2) is 4.86. The number of halogens is 2. The van der Waals surface area contributed by atoms with Crippen molar-refractivity contribution in [2.24, 2.45) is 0 Å². The number of ether oxygens (including phenoxy) is 1. The fraction of sp³-hybridized carbons (Fsp3) is 0.300. The minimum Gasteiger partial charge on any atom is -0.462 e. The zero-order valence-electron chi connectivity index (χ0n) is 9.12. The van der Waals surface area contributed by atoms with E-state index in [1.54, 1.807) is 0 Å². The summed E-state index contributed by atoms with van der Waals surface area (Å²) in [6.07, 6.45) is 0. The summed E-state index contributed by atoms with van der Waals surface area (Å²) >= 11 is 0. The van der Waals surface area contributed by atoms with Crippen LogP contribution in [0.4, 0.5) is 14.5 Å². The van der Waals surface area contributed by atoms with Crippen molar-refractivity contribution in [2.75, 3.05) is 6.61 Å². The molecule has 1 rings (SSSR count). The highest BCUT2D eigenvalue weighted by Gasteiger charge is 2.28. The van der Waals surface area contributed by atoms with Gasteiger partial charge in [0.15, 0.2) is 11.6 Å². The molecule has 0 aliphatic rings. The number of nitro benzene ring substituents is 1. The Balaban J connectivity index is 3.48. The van der Waals surface area contributed by atoms with E-state index < -0.39 is 39.3 Å². The van der Waals surface area contributed by atoms with Gasteiger partial charge in [0.25, 0.3) is 5.69 Å². The molecule has 7 heteroatoms. The van der Waals surface area contributed by atoms with Crippen molar-refractivity contribution in [3.63, 3.8) is 0 Å². The average molecular weight is 245 g/mol. The molecule has 0 N–H and O–H groups in total. The van der Waals surface area contributed by atoms with E-state index >= 15 is 0 Å². The van der Waals surface area contributed by atoms with Crippen LogP contribution in [0.2, 0.25) is 0 Å². The van der Waals surface area contributed by atoms with Crippen LogP contribution in [-0.4, -0.2) is 17.5 Å². The molecular formula is C10H9F2NO4. The predicted octanol–water partition coefficient (Wildman–Crippen LogP) is 2.36. The minimum absolute atomic E-state index is 0.0198. The monoisotopic (exact) mass is 245 g/mol. The molecule has 92 valence electrons. The summed E-state index contributed by atoms with van der Waals surface area (Å²) in [5, 5.41) is 10.7. The number of esters is 1. The summed E-state index contributed by atoms with van der Waals surface area (Å²) in [5.74, 6) is -3.72. The van der Waals surface area contributed by atoms with Crippen molar-refractivity contribution in [1.29, 1.82) is 0 Å². The molecule has 1 aromatic carbocycles. The molecule has 0 fully saturated rings. The third-order valence-corrected chi connectivity index (χ3v) is 2.10. The van der Waals surface area contributed by atoms with Crippen LogP contribution in [0.15, 0.2) is 6.07 Å². The third-order valence-electron chi connectivity index (χ3n) is 2.10. The summed E-state index contributed by atoms with van der Waals surface area (Å²) < 4.78 is 30.8. The molecule has 0 saturated carbocycles. The molecule has 1 aromatic rings. The number of hydrogen-bond acceptors (Lipinski definition) is 4. The highest BCUT2D eigenvalue weighted by atomic mass is 19.2. The number of carbonyl (C=O) groups excluding carboxylic acids is 1. The van der Waals surface area contributed by atoms with Crippen molar-refractivity contribution in [3.8, 4) is 0 Å². The van der Waals surface area contributed by atoms with Gasteiger partial charge in [-0.05, 0) is 19.9 Å². The lowest BCUT2D eigenvalue weighted by Crippen LogP contribution is -2.11. The standard InChI is InChI=1S/C10H9F2NO4/c1-3-17-10(14)6-4-7(11)8(12)5(2)9(6)13(15)16/h4H,3H2,1-2H3. The molecule has 0 amide bonds. The molecule has 5 nitrogen and oxygen atoms in total. The second-order valence-corrected chi connectivity index (χ2v) is 3.17. The normalized spacial score (nSPS) is 10.1. The van der Waals surface area contributed by atoms with Gasteiger partial charge in [-0.3, -0.25) is 10.1 Å². The Morgan fingerprint density at radius 2 is 2.12 bits per heavy atom. The number of benzene rings is 1. The molecule has 0 heterocycles. The van der Waals surface area contributed by atoms with Crippen LogP contribution in [0.25, 0.3) is 0 Å². The SMILES string of the molecule is CCOC(=O)c1cc(F)c(F)c(C)c1[N+](=O)[O-]. The maximum Gasteiger partial charge on any atom is 0.345 e. The Bertz CT molecular complexity index is 488. The van der Waals surface area contributed by atoms with Gasteiger partial charge in [-0.15, -0.1) is 0 Å². The summed E-state index contributed by atoms with van der Waals surface area (Å²) in [6.45, 7) is 2.50. The molecule has 0 aliphatic heterocycles. The Kier molecular flexibility index (Phi) is 3.72. The smallest absolute Gasteiger partial charge is 0.345 e. The first-order valence-corrected chi connectivity index (χ1v) is 4.70. The highest BCUT2D eigenvalue weighted by molar-refractivity contribution is 5.94. The van der Waals surface area contributed by atoms with E-state index in [0.29, 0.717) is 6.07 Å². The second-order valence-electron chi connectivity index (χ2n) is 3.17. The quantitative estimate of drug-likeness (QED) is 0.465. The van der Waals surface area contributed by atoms with Gasteiger partial charge in [-0.25, -0.2) is 13.6 Å². The van der Waals surface area contributed by atoms with Crippen LogP contribution >= 0.6 is 0 Å². The zero-order chi connectivity index (χ0) is 13.2. The molecule has 0 aliphatic carbocycles. The van der Waals surface area contributed by atoms with E-state index in [-0.39, 0.29) is 6.61 Å². The molecule has 17 heavy (non-hydrogen) atoms. The zero-order valence-corrected chi connectivity index (χ0v) is 9.12. The summed E-state index contributed by atoms with van der Waals surface area (Å²) in [4.78, 5) is 21.2. The average Bonchev–Trinajstić information content (AvgIpc) is 2.25. The fourth-order valence-electron chi connectivity index (χ4n) is 1.34. The van der Waals surface area contributed by atoms with Gasteiger partial charge in [0.1, 0.15) is 5.56 Å². The van der Waals surface area contributed by atoms with Crippen molar-refractivity contribution >= 4 is 11.7 Å². The van der Waals surface area contributed by atoms with Gasteiger partial charge in [-0.2, -0.15) is 0 Å². The van der Waals surface area contributed by atoms with E-state index in [2.05, 4.69) is 4.74 Å². The van der Waals surface area contributed by atoms with Crippen molar-refractivity contribution < 1.29 is 23.2 Å². The minimum atomic E-state index is -1.34. The van der Waals surface area contributed by atoms with Gasteiger partial charge >= 0.3 is 5.97 Å². The molecule has 0 atom stereocenters. The largest absolute Gasteiger partial charge is 0.462 e. The van der Waals surface area contributed by atoms with E-state index in [0.717, 1.165) is 6.92 Å². The van der Waals surface area contributed by atoms with Gasteiger partial charge in [0.05, 0.1) is 17.1 Å². The van der Waals surface area contributed by atoms with Gasteiger partial charge in [0, 0.05) is 0 Å². The lowest BCUT2D eigenvalue weighted by atomic mass is 10.1. The molecule has 0 bridgehead atoms. The molecule has 0 radical (unpaired) electrons. The Morgan fingerprint density at radius 1 is 1.53 bits per heavy atom. The van der Waals surface area contributed by atoms with Crippen molar-refractivity contribution in [2.45, 2.75) is 13.8 Å². The van der Waals surface area contributed by atoms with Crippen LogP contribution in [0.5, 0.6) is 0 Å². The molecule has 0 saturated heterocycles. The summed E-state index contributed by atoms with van der Waals surface area (Å²) in [5.41, 5.74) is -1.89. The Labute approximate surface area is 95.2 Å². The van der Waals surface area contributed by atoms with E-state index in [1.807, 2.05) is 0 Å². The molecule has 0 unspecified atom stereocenters. The van der Waals surface area contributed by atoms with Crippen LogP contribution < -0.4 is 0 Å². The molecule has 0 spiro atoms. The van der Waals surface area contributed by atoms with Crippen LogP contribution in [-0.2, 0) is 4.74 Å².